The Balaban J connectivity index is 0.000000720. The van der Waals surface area contributed by atoms with E-state index in [4.69, 9.17) is 23.8 Å². The fraction of sp³-hybridized carbons (Fsp3) is 0. The van der Waals surface area contributed by atoms with Crippen LogP contribution in [0, 0.1) is 4.51 Å². The molecule has 0 unspecified atom stereocenters. The van der Waals surface area contributed by atoms with Crippen LogP contribution in [0.15, 0.2) is 24.5 Å². The minimum absolute atomic E-state index is 0. The Labute approximate surface area is 103 Å². The van der Waals surface area contributed by atoms with Crippen LogP contribution in [0.25, 0.3) is 5.52 Å². The van der Waals surface area contributed by atoms with Crippen molar-refractivity contribution < 1.29 is 31.0 Å². The number of H-pyrrole nitrogens is 1. The van der Waals surface area contributed by atoms with Crippen molar-refractivity contribution in [1.82, 2.24) is 9.61 Å². The number of halogens is 1. The number of aromatic nitrogens is 2. The minimum Gasteiger partial charge on any atom is -1.00 e. The van der Waals surface area contributed by atoms with Gasteiger partial charge in [-0.3, -0.25) is 4.52 Å². The molecule has 0 radical (unpaired) electrons. The van der Waals surface area contributed by atoms with Crippen LogP contribution in [0.5, 0.6) is 0 Å². The molecule has 0 saturated carbocycles. The summed E-state index contributed by atoms with van der Waals surface area (Å²) in [6, 6.07) is 3.68. The van der Waals surface area contributed by atoms with Crippen molar-refractivity contribution >= 4 is 29.3 Å². The second-order valence-electron chi connectivity index (χ2n) is 2.21. The molecule has 2 aromatic heterocycles. The SMILES string of the molecule is S=c1ccn2[nH]ccc2c1Cl.[H-].[Na+]. The van der Waals surface area contributed by atoms with Crippen molar-refractivity contribution in [3.8, 4) is 0 Å². The Kier molecular flexibility index (Phi) is 3.37. The molecule has 0 fully saturated rings. The fourth-order valence-electron chi connectivity index (χ4n) is 0.990. The largest absolute Gasteiger partial charge is 1.00 e. The summed E-state index contributed by atoms with van der Waals surface area (Å²) in [6.07, 6.45) is 3.67. The number of pyridine rings is 1. The minimum atomic E-state index is 0. The molecule has 0 atom stereocenters. The first-order valence-corrected chi connectivity index (χ1v) is 3.92. The number of nitrogens with one attached hydrogen (secondary N) is 1. The number of hydrogen-bond acceptors (Lipinski definition) is 1. The zero-order chi connectivity index (χ0) is 7.84. The summed E-state index contributed by atoms with van der Waals surface area (Å²) in [6.45, 7) is 0. The van der Waals surface area contributed by atoms with E-state index in [-0.39, 0.29) is 31.0 Å². The smallest absolute Gasteiger partial charge is 1.00 e. The molecule has 0 aromatic carbocycles. The predicted octanol–water partition coefficient (Wildman–Crippen LogP) is -0.233. The van der Waals surface area contributed by atoms with Crippen molar-refractivity contribution in [2.45, 2.75) is 0 Å². The molecule has 0 saturated heterocycles. The average molecular weight is 209 g/mol. The first-order chi connectivity index (χ1) is 5.29. The van der Waals surface area contributed by atoms with Gasteiger partial charge < -0.3 is 6.53 Å². The van der Waals surface area contributed by atoms with Crippen molar-refractivity contribution in [3.05, 3.63) is 34.1 Å². The number of hydrogen-bond donors (Lipinski definition) is 1. The van der Waals surface area contributed by atoms with Crippen LogP contribution in [0.3, 0.4) is 0 Å². The van der Waals surface area contributed by atoms with Crippen LogP contribution < -0.4 is 29.6 Å². The Hall–Kier alpha value is 0.200. The summed E-state index contributed by atoms with van der Waals surface area (Å²) in [7, 11) is 0. The molecule has 2 rings (SSSR count). The van der Waals surface area contributed by atoms with E-state index in [9.17, 15) is 0 Å². The molecule has 0 aliphatic carbocycles. The molecule has 58 valence electrons. The molecule has 12 heavy (non-hydrogen) atoms. The zero-order valence-corrected chi connectivity index (χ0v) is 10.1. The van der Waals surface area contributed by atoms with E-state index >= 15 is 0 Å². The average Bonchev–Trinajstić information content (AvgIpc) is 2.45. The van der Waals surface area contributed by atoms with Gasteiger partial charge in [0.15, 0.2) is 0 Å². The molecule has 0 aliphatic rings. The molecule has 2 nitrogen and oxygen atoms in total. The molecule has 0 spiro atoms. The second kappa shape index (κ2) is 3.94. The first kappa shape index (κ1) is 10.3. The Bertz CT molecular complexity index is 453. The topological polar surface area (TPSA) is 20.2 Å². The van der Waals surface area contributed by atoms with Gasteiger partial charge in [0.2, 0.25) is 0 Å². The number of fused-ring (bicyclic) bond motifs is 1. The van der Waals surface area contributed by atoms with Crippen LogP contribution in [0.4, 0.5) is 0 Å². The summed E-state index contributed by atoms with van der Waals surface area (Å²) in [5, 5.41) is 3.60. The van der Waals surface area contributed by atoms with E-state index in [1.165, 1.54) is 0 Å². The van der Waals surface area contributed by atoms with Crippen molar-refractivity contribution in [3.63, 3.8) is 0 Å². The molecular formula is C7H6ClN2NaS. The van der Waals surface area contributed by atoms with Crippen molar-refractivity contribution in [2.75, 3.05) is 0 Å². The van der Waals surface area contributed by atoms with Gasteiger partial charge >= 0.3 is 29.6 Å². The molecule has 5 heteroatoms. The predicted molar refractivity (Wildman–Crippen MR) is 48.7 cm³/mol. The third-order valence-electron chi connectivity index (χ3n) is 1.53. The number of aromatic amines is 1. The van der Waals surface area contributed by atoms with Gasteiger partial charge in [-0.25, -0.2) is 0 Å². The zero-order valence-electron chi connectivity index (χ0n) is 7.54. The third-order valence-corrected chi connectivity index (χ3v) is 2.38. The quantitative estimate of drug-likeness (QED) is 0.468. The van der Waals surface area contributed by atoms with Gasteiger partial charge in [-0.15, -0.1) is 0 Å². The van der Waals surface area contributed by atoms with Crippen molar-refractivity contribution in [2.24, 2.45) is 0 Å². The monoisotopic (exact) mass is 208 g/mol. The maximum absolute atomic E-state index is 5.92. The molecule has 0 bridgehead atoms. The fourth-order valence-corrected chi connectivity index (χ4v) is 1.37. The van der Waals surface area contributed by atoms with E-state index in [1.807, 2.05) is 23.0 Å². The van der Waals surface area contributed by atoms with Crippen LogP contribution in [0.1, 0.15) is 1.43 Å². The van der Waals surface area contributed by atoms with E-state index in [0.717, 1.165) is 5.52 Å². The molecule has 0 aliphatic heterocycles. The van der Waals surface area contributed by atoms with E-state index in [0.29, 0.717) is 9.53 Å². The van der Waals surface area contributed by atoms with Crippen LogP contribution in [-0.4, -0.2) is 9.61 Å². The van der Waals surface area contributed by atoms with Gasteiger partial charge in [-0.05, 0) is 12.1 Å². The summed E-state index contributed by atoms with van der Waals surface area (Å²) in [4.78, 5) is 0. The number of rotatable bonds is 0. The van der Waals surface area contributed by atoms with Crippen molar-refractivity contribution in [1.29, 1.82) is 0 Å². The van der Waals surface area contributed by atoms with E-state index in [1.54, 1.807) is 6.07 Å². The second-order valence-corrected chi connectivity index (χ2v) is 3.03. The number of nitrogens with zero attached hydrogens (tertiary/aromatic N) is 1. The Morgan fingerprint density at radius 3 is 3.00 bits per heavy atom. The first-order valence-electron chi connectivity index (χ1n) is 3.13. The third kappa shape index (κ3) is 1.60. The van der Waals surface area contributed by atoms with Gasteiger partial charge in [0.1, 0.15) is 0 Å². The van der Waals surface area contributed by atoms with Crippen LogP contribution >= 0.6 is 23.8 Å². The molecule has 1 N–H and O–H groups in total. The Morgan fingerprint density at radius 2 is 2.25 bits per heavy atom. The van der Waals surface area contributed by atoms with Crippen LogP contribution in [-0.2, 0) is 0 Å². The van der Waals surface area contributed by atoms with E-state index in [2.05, 4.69) is 5.10 Å². The summed E-state index contributed by atoms with van der Waals surface area (Å²) in [5.41, 5.74) is 0.916. The Morgan fingerprint density at radius 1 is 1.50 bits per heavy atom. The van der Waals surface area contributed by atoms with Gasteiger partial charge in [0.05, 0.1) is 15.0 Å². The normalized spacial score (nSPS) is 9.75. The summed E-state index contributed by atoms with van der Waals surface area (Å²) < 4.78 is 2.50. The molecular weight excluding hydrogens is 203 g/mol. The van der Waals surface area contributed by atoms with Gasteiger partial charge in [0, 0.05) is 12.4 Å². The maximum Gasteiger partial charge on any atom is 1.00 e. The van der Waals surface area contributed by atoms with Gasteiger partial charge in [0.25, 0.3) is 0 Å². The standard InChI is InChI=1S/C7H5ClN2S.Na.H/c8-7-5-1-3-9-10(5)4-2-6(7)11;;/h1-4,9H;;/q;+1;-1. The van der Waals surface area contributed by atoms with E-state index < -0.39 is 0 Å². The molecule has 0 amide bonds. The molecule has 2 heterocycles. The van der Waals surface area contributed by atoms with Crippen LogP contribution in [0.2, 0.25) is 5.02 Å². The van der Waals surface area contributed by atoms with Gasteiger partial charge in [-0.1, -0.05) is 23.8 Å². The summed E-state index contributed by atoms with van der Waals surface area (Å²) in [5.74, 6) is 0. The maximum atomic E-state index is 5.92. The summed E-state index contributed by atoms with van der Waals surface area (Å²) >= 11 is 10.9. The van der Waals surface area contributed by atoms with Gasteiger partial charge in [-0.2, -0.15) is 0 Å². The molecule has 2 aromatic rings.